The average Bonchev–Trinajstić information content (AvgIpc) is 3.09. The van der Waals surface area contributed by atoms with Gasteiger partial charge in [0, 0.05) is 17.2 Å². The second-order valence-corrected chi connectivity index (χ2v) is 7.07. The number of ether oxygens (including phenoxy) is 2. The highest BCUT2D eigenvalue weighted by Crippen LogP contribution is 2.40. The summed E-state index contributed by atoms with van der Waals surface area (Å²) < 4.78 is 11.2. The van der Waals surface area contributed by atoms with Gasteiger partial charge in [-0.05, 0) is 67.6 Å². The molecule has 0 spiro atoms. The van der Waals surface area contributed by atoms with Crippen LogP contribution in [0.25, 0.3) is 0 Å². The van der Waals surface area contributed by atoms with Crippen LogP contribution in [0.3, 0.4) is 0 Å². The van der Waals surface area contributed by atoms with Crippen molar-refractivity contribution in [2.45, 2.75) is 26.4 Å². The molecule has 1 saturated carbocycles. The van der Waals surface area contributed by atoms with Gasteiger partial charge in [-0.1, -0.05) is 24.3 Å². The summed E-state index contributed by atoms with van der Waals surface area (Å²) in [5, 5.41) is 4.31. The normalized spacial score (nSPS) is 21.1. The summed E-state index contributed by atoms with van der Waals surface area (Å²) in [7, 11) is 0. The molecule has 0 aliphatic heterocycles. The van der Waals surface area contributed by atoms with Crippen molar-refractivity contribution in [1.29, 1.82) is 0 Å². The number of benzene rings is 2. The molecule has 0 bridgehead atoms. The highest BCUT2D eigenvalue weighted by atomic mass is 16.5. The van der Waals surface area contributed by atoms with Gasteiger partial charge in [0.05, 0.1) is 6.61 Å². The smallest absolute Gasteiger partial charge is 0.271 e. The van der Waals surface area contributed by atoms with Crippen LogP contribution in [0.5, 0.6) is 11.5 Å². The molecule has 2 aromatic carbocycles. The molecule has 144 valence electrons. The van der Waals surface area contributed by atoms with E-state index in [1.54, 1.807) is 12.1 Å². The number of rotatable bonds is 7. The summed E-state index contributed by atoms with van der Waals surface area (Å²) in [6, 6.07) is 14.9. The topological polar surface area (TPSA) is 59.9 Å². The Bertz CT molecular complexity index is 885. The third-order valence-corrected chi connectivity index (χ3v) is 5.22. The number of hydrogen-bond donors (Lipinski definition) is 1. The van der Waals surface area contributed by atoms with Crippen molar-refractivity contribution in [2.75, 3.05) is 6.61 Å². The van der Waals surface area contributed by atoms with Gasteiger partial charge in [0.15, 0.2) is 0 Å². The van der Waals surface area contributed by atoms with E-state index in [4.69, 9.17) is 9.47 Å². The van der Waals surface area contributed by atoms with Crippen LogP contribution in [-0.4, -0.2) is 18.2 Å². The Morgan fingerprint density at radius 3 is 2.46 bits per heavy atom. The predicted octanol–water partition coefficient (Wildman–Crippen LogP) is 4.35. The van der Waals surface area contributed by atoms with Crippen molar-refractivity contribution in [1.82, 2.24) is 5.43 Å². The molecular weight excluding hydrogens is 352 g/mol. The number of nitrogens with zero attached hydrogens (tertiary/aromatic N) is 1. The van der Waals surface area contributed by atoms with Crippen LogP contribution >= 0.6 is 0 Å². The predicted molar refractivity (Wildman–Crippen MR) is 109 cm³/mol. The van der Waals surface area contributed by atoms with Crippen molar-refractivity contribution in [2.24, 2.45) is 16.9 Å². The first-order valence-corrected chi connectivity index (χ1v) is 9.71. The van der Waals surface area contributed by atoms with Crippen LogP contribution in [0.2, 0.25) is 0 Å². The average molecular weight is 376 g/mol. The Labute approximate surface area is 165 Å². The Balaban J connectivity index is 1.27. The Morgan fingerprint density at radius 1 is 1.07 bits per heavy atom. The first kappa shape index (κ1) is 18.3. The number of nitrogens with one attached hydrogen (secondary N) is 1. The monoisotopic (exact) mass is 376 g/mol. The van der Waals surface area contributed by atoms with Crippen LogP contribution in [-0.2, 0) is 6.61 Å². The van der Waals surface area contributed by atoms with E-state index >= 15 is 0 Å². The molecule has 0 heterocycles. The number of fused-ring (bicyclic) bond motifs is 1. The van der Waals surface area contributed by atoms with Gasteiger partial charge in [0.2, 0.25) is 0 Å². The van der Waals surface area contributed by atoms with E-state index in [-0.39, 0.29) is 5.91 Å². The summed E-state index contributed by atoms with van der Waals surface area (Å²) >= 11 is 0. The molecule has 5 nitrogen and oxygen atoms in total. The standard InChI is InChI=1S/C23H24N2O3/c1-2-27-19-10-12-20(13-11-19)28-15-16-6-8-17(9-7-16)23(26)25-24-22-14-18-4-3-5-21(18)22/h3-4,6-13,18,21H,2,5,14-15H2,1H3,(H,25,26)/b24-22-/t18-,21-/m0/s1. The second-order valence-electron chi connectivity index (χ2n) is 7.07. The fourth-order valence-corrected chi connectivity index (χ4v) is 3.57. The molecule has 28 heavy (non-hydrogen) atoms. The molecule has 2 atom stereocenters. The summed E-state index contributed by atoms with van der Waals surface area (Å²) in [5.41, 5.74) is 5.37. The Hall–Kier alpha value is -3.08. The molecule has 0 unspecified atom stereocenters. The zero-order valence-electron chi connectivity index (χ0n) is 15.9. The minimum atomic E-state index is -0.180. The van der Waals surface area contributed by atoms with Crippen LogP contribution in [0.15, 0.2) is 65.8 Å². The van der Waals surface area contributed by atoms with Gasteiger partial charge in [-0.25, -0.2) is 5.43 Å². The van der Waals surface area contributed by atoms with E-state index in [1.807, 2.05) is 43.3 Å². The lowest BCUT2D eigenvalue weighted by Gasteiger charge is -2.31. The quantitative estimate of drug-likeness (QED) is 0.577. The highest BCUT2D eigenvalue weighted by Gasteiger charge is 2.38. The fourth-order valence-electron chi connectivity index (χ4n) is 3.57. The van der Waals surface area contributed by atoms with Gasteiger partial charge < -0.3 is 9.47 Å². The molecule has 2 aliphatic rings. The lowest BCUT2D eigenvalue weighted by Crippen LogP contribution is -2.35. The lowest BCUT2D eigenvalue weighted by atomic mass is 9.74. The van der Waals surface area contributed by atoms with Crippen molar-refractivity contribution in [3.63, 3.8) is 0 Å². The van der Waals surface area contributed by atoms with E-state index < -0.39 is 0 Å². The second kappa shape index (κ2) is 8.30. The number of amides is 1. The maximum absolute atomic E-state index is 12.3. The third kappa shape index (κ3) is 4.09. The van der Waals surface area contributed by atoms with Crippen molar-refractivity contribution < 1.29 is 14.3 Å². The minimum absolute atomic E-state index is 0.180. The minimum Gasteiger partial charge on any atom is -0.494 e. The van der Waals surface area contributed by atoms with Gasteiger partial charge in [-0.15, -0.1) is 0 Å². The third-order valence-electron chi connectivity index (χ3n) is 5.22. The maximum Gasteiger partial charge on any atom is 0.271 e. The molecule has 2 aromatic rings. The van der Waals surface area contributed by atoms with Crippen molar-refractivity contribution in [3.05, 3.63) is 71.8 Å². The number of hydrogen-bond acceptors (Lipinski definition) is 4. The van der Waals surface area contributed by atoms with Gasteiger partial charge >= 0.3 is 0 Å². The summed E-state index contributed by atoms with van der Waals surface area (Å²) in [5.74, 6) is 2.56. The molecule has 0 saturated heterocycles. The summed E-state index contributed by atoms with van der Waals surface area (Å²) in [4.78, 5) is 12.3. The zero-order valence-corrected chi connectivity index (χ0v) is 15.9. The van der Waals surface area contributed by atoms with E-state index in [2.05, 4.69) is 22.7 Å². The number of allylic oxidation sites excluding steroid dienone is 2. The van der Waals surface area contributed by atoms with Crippen LogP contribution in [0.1, 0.15) is 35.7 Å². The van der Waals surface area contributed by atoms with Crippen molar-refractivity contribution >= 4 is 11.6 Å². The first-order valence-electron chi connectivity index (χ1n) is 9.71. The Morgan fingerprint density at radius 2 is 1.79 bits per heavy atom. The molecule has 1 N–H and O–H groups in total. The highest BCUT2D eigenvalue weighted by molar-refractivity contribution is 5.98. The first-order chi connectivity index (χ1) is 13.7. The van der Waals surface area contributed by atoms with E-state index in [1.165, 1.54) is 0 Å². The number of carbonyl (C=O) groups is 1. The SMILES string of the molecule is CCOc1ccc(OCc2ccc(C(=O)N/N=C3/C[C@@H]4C=CC[C@H]34)cc2)cc1. The zero-order chi connectivity index (χ0) is 19.3. The van der Waals surface area contributed by atoms with Crippen molar-refractivity contribution in [3.8, 4) is 11.5 Å². The van der Waals surface area contributed by atoms with Gasteiger partial charge in [-0.2, -0.15) is 5.10 Å². The fraction of sp³-hybridized carbons (Fsp3) is 0.304. The molecule has 0 radical (unpaired) electrons. The van der Waals surface area contributed by atoms with E-state index in [0.717, 1.165) is 35.6 Å². The number of carbonyl (C=O) groups excluding carboxylic acids is 1. The summed E-state index contributed by atoms with van der Waals surface area (Å²) in [6.45, 7) is 3.04. The summed E-state index contributed by atoms with van der Waals surface area (Å²) in [6.07, 6.45) is 6.46. The Kier molecular flexibility index (Phi) is 5.42. The molecule has 1 fully saturated rings. The van der Waals surface area contributed by atoms with E-state index in [0.29, 0.717) is 30.6 Å². The maximum atomic E-state index is 12.3. The van der Waals surface area contributed by atoms with E-state index in [9.17, 15) is 4.79 Å². The van der Waals surface area contributed by atoms with Crippen LogP contribution in [0.4, 0.5) is 0 Å². The largest absolute Gasteiger partial charge is 0.494 e. The van der Waals surface area contributed by atoms with Gasteiger partial charge in [-0.3, -0.25) is 4.79 Å². The van der Waals surface area contributed by atoms with Crippen LogP contribution in [0, 0.1) is 11.8 Å². The molecule has 0 aromatic heterocycles. The lowest BCUT2D eigenvalue weighted by molar-refractivity contribution is 0.0954. The van der Waals surface area contributed by atoms with Crippen LogP contribution < -0.4 is 14.9 Å². The molecule has 1 amide bonds. The molecule has 5 heteroatoms. The van der Waals surface area contributed by atoms with Gasteiger partial charge in [0.1, 0.15) is 18.1 Å². The number of hydrazone groups is 1. The molecule has 4 rings (SSSR count). The molecule has 2 aliphatic carbocycles. The van der Waals surface area contributed by atoms with Gasteiger partial charge in [0.25, 0.3) is 5.91 Å². The molecular formula is C23H24N2O3.